The topological polar surface area (TPSA) is 62.8 Å². The van der Waals surface area contributed by atoms with Crippen molar-refractivity contribution in [2.75, 3.05) is 43.6 Å². The van der Waals surface area contributed by atoms with E-state index in [9.17, 15) is 22.4 Å². The first-order valence-electron chi connectivity index (χ1n) is 8.89. The predicted octanol–water partition coefficient (Wildman–Crippen LogP) is 3.87. The number of hydrogen-bond donors (Lipinski definition) is 2. The minimum absolute atomic E-state index is 0.365. The normalized spacial score (nSPS) is 13.7. The van der Waals surface area contributed by atoms with Crippen LogP contribution in [-0.2, 0) is 4.74 Å². The number of carbonyl (C=O) groups excluding carboxylic acids is 1. The van der Waals surface area contributed by atoms with E-state index in [4.69, 9.17) is 28.6 Å². The quantitative estimate of drug-likeness (QED) is 0.396. The third kappa shape index (κ3) is 4.83. The van der Waals surface area contributed by atoms with Crippen molar-refractivity contribution in [3.63, 3.8) is 0 Å². The summed E-state index contributed by atoms with van der Waals surface area (Å²) in [7, 11) is 0.828. The Morgan fingerprint density at radius 2 is 1.74 bits per heavy atom. The summed E-state index contributed by atoms with van der Waals surface area (Å²) in [5, 5.41) is 4.63. The summed E-state index contributed by atoms with van der Waals surface area (Å²) in [6.45, 7) is 2.50. The minimum atomic E-state index is -1.91. The molecular formula is C19H16ClF4N3O3S. The zero-order valence-corrected chi connectivity index (χ0v) is 17.6. The summed E-state index contributed by atoms with van der Waals surface area (Å²) in [6, 6.07) is 4.90. The fourth-order valence-electron chi connectivity index (χ4n) is 2.96. The molecular weight excluding hydrogens is 462 g/mol. The molecule has 0 radical (unpaired) electrons. The van der Waals surface area contributed by atoms with Crippen LogP contribution in [0.5, 0.6) is 5.75 Å². The van der Waals surface area contributed by atoms with Gasteiger partial charge < -0.3 is 19.7 Å². The van der Waals surface area contributed by atoms with Gasteiger partial charge in [0.2, 0.25) is 11.6 Å². The molecule has 3 rings (SSSR count). The molecule has 0 unspecified atom stereocenters. The number of ether oxygens (including phenoxy) is 2. The Labute approximate surface area is 185 Å². The van der Waals surface area contributed by atoms with Crippen LogP contribution in [-0.4, -0.2) is 44.4 Å². The van der Waals surface area contributed by atoms with Gasteiger partial charge in [0, 0.05) is 18.8 Å². The van der Waals surface area contributed by atoms with Crippen LogP contribution in [0, 0.1) is 23.3 Å². The van der Waals surface area contributed by atoms with Crippen LogP contribution in [0.25, 0.3) is 0 Å². The smallest absolute Gasteiger partial charge is 0.263 e. The molecule has 166 valence electrons. The van der Waals surface area contributed by atoms with Crippen LogP contribution < -0.4 is 20.3 Å². The fraction of sp³-hybridized carbons (Fsp3) is 0.263. The number of rotatable bonds is 4. The molecule has 1 amide bonds. The highest BCUT2D eigenvalue weighted by Crippen LogP contribution is 2.31. The Morgan fingerprint density at radius 3 is 2.29 bits per heavy atom. The van der Waals surface area contributed by atoms with E-state index in [0.29, 0.717) is 37.0 Å². The molecule has 0 aliphatic carbocycles. The van der Waals surface area contributed by atoms with Crippen LogP contribution in [0.15, 0.2) is 18.2 Å². The highest BCUT2D eigenvalue weighted by Gasteiger charge is 2.30. The monoisotopic (exact) mass is 477 g/mol. The summed E-state index contributed by atoms with van der Waals surface area (Å²) in [4.78, 5) is 14.2. The number of nitrogens with zero attached hydrogens (tertiary/aromatic N) is 1. The number of hydrogen-bond acceptors (Lipinski definition) is 5. The molecule has 1 aliphatic heterocycles. The first-order chi connectivity index (χ1) is 14.7. The average Bonchev–Trinajstić information content (AvgIpc) is 2.73. The number of thiocarbonyl (C=S) groups is 1. The largest absolute Gasteiger partial charge is 0.491 e. The van der Waals surface area contributed by atoms with Gasteiger partial charge in [-0.15, -0.1) is 0 Å². The molecule has 6 nitrogen and oxygen atoms in total. The van der Waals surface area contributed by atoms with Gasteiger partial charge >= 0.3 is 0 Å². The molecule has 1 fully saturated rings. The van der Waals surface area contributed by atoms with Crippen LogP contribution in [0.3, 0.4) is 0 Å². The standard InChI is InChI=1S/C19H16ClF4N3O3S/c1-29-17-15(23)13(21)12(14(22)16(17)24)18(28)26-19(31)25-9-2-3-11(10(20)8-9)27-4-6-30-7-5-27/h2-3,8H,4-7H2,1H3,(H2,25,26,28,31). The van der Waals surface area contributed by atoms with Gasteiger partial charge in [0.05, 0.1) is 31.0 Å². The van der Waals surface area contributed by atoms with Gasteiger partial charge in [-0.25, -0.2) is 8.78 Å². The zero-order valence-electron chi connectivity index (χ0n) is 16.0. The summed E-state index contributed by atoms with van der Waals surface area (Å²) >= 11 is 11.2. The van der Waals surface area contributed by atoms with Gasteiger partial charge in [0.25, 0.3) is 5.91 Å². The van der Waals surface area contributed by atoms with E-state index in [0.717, 1.165) is 12.8 Å². The van der Waals surface area contributed by atoms with E-state index in [2.05, 4.69) is 10.1 Å². The second-order valence-electron chi connectivity index (χ2n) is 6.34. The van der Waals surface area contributed by atoms with Crippen LogP contribution >= 0.6 is 23.8 Å². The van der Waals surface area contributed by atoms with Crippen molar-refractivity contribution in [2.24, 2.45) is 0 Å². The van der Waals surface area contributed by atoms with Crippen molar-refractivity contribution in [1.82, 2.24) is 5.32 Å². The summed E-state index contributed by atoms with van der Waals surface area (Å²) in [6.07, 6.45) is 0. The van der Waals surface area contributed by atoms with Crippen molar-refractivity contribution < 1.29 is 31.8 Å². The number of anilines is 2. The minimum Gasteiger partial charge on any atom is -0.491 e. The lowest BCUT2D eigenvalue weighted by atomic mass is 10.1. The van der Waals surface area contributed by atoms with Gasteiger partial charge in [-0.2, -0.15) is 8.78 Å². The van der Waals surface area contributed by atoms with E-state index >= 15 is 0 Å². The molecule has 0 atom stereocenters. The maximum Gasteiger partial charge on any atom is 0.263 e. The van der Waals surface area contributed by atoms with Gasteiger partial charge in [0.1, 0.15) is 5.56 Å². The number of benzene rings is 2. The number of carbonyl (C=O) groups is 1. The van der Waals surface area contributed by atoms with Gasteiger partial charge in [0.15, 0.2) is 22.5 Å². The Kier molecular flexibility index (Phi) is 7.19. The van der Waals surface area contributed by atoms with Crippen molar-refractivity contribution in [3.05, 3.63) is 52.1 Å². The summed E-state index contributed by atoms with van der Waals surface area (Å²) in [5.41, 5.74) is -0.320. The molecule has 2 aromatic carbocycles. The number of halogens is 5. The molecule has 0 spiro atoms. The predicted molar refractivity (Wildman–Crippen MR) is 111 cm³/mol. The van der Waals surface area contributed by atoms with Crippen LogP contribution in [0.2, 0.25) is 5.02 Å². The third-order valence-corrected chi connectivity index (χ3v) is 4.95. The van der Waals surface area contributed by atoms with Crippen molar-refractivity contribution in [2.45, 2.75) is 0 Å². The number of methoxy groups -OCH3 is 1. The van der Waals surface area contributed by atoms with E-state index in [1.54, 1.807) is 18.2 Å². The van der Waals surface area contributed by atoms with Crippen LogP contribution in [0.4, 0.5) is 28.9 Å². The second kappa shape index (κ2) is 9.67. The van der Waals surface area contributed by atoms with Gasteiger partial charge in [-0.1, -0.05) is 11.6 Å². The molecule has 31 heavy (non-hydrogen) atoms. The molecule has 1 heterocycles. The number of morpholine rings is 1. The molecule has 2 N–H and O–H groups in total. The van der Waals surface area contributed by atoms with E-state index < -0.39 is 40.5 Å². The fourth-order valence-corrected chi connectivity index (χ4v) is 3.47. The Balaban J connectivity index is 1.73. The Morgan fingerprint density at radius 1 is 1.13 bits per heavy atom. The molecule has 1 aliphatic rings. The Hall–Kier alpha value is -2.63. The lowest BCUT2D eigenvalue weighted by molar-refractivity contribution is 0.0966. The lowest BCUT2D eigenvalue weighted by Crippen LogP contribution is -2.36. The SMILES string of the molecule is COc1c(F)c(F)c(C(=O)NC(=S)Nc2ccc(N3CCOCC3)c(Cl)c2)c(F)c1F. The molecule has 0 saturated carbocycles. The first-order valence-corrected chi connectivity index (χ1v) is 9.67. The van der Waals surface area contributed by atoms with Crippen molar-refractivity contribution >= 4 is 46.2 Å². The van der Waals surface area contributed by atoms with E-state index in [1.807, 2.05) is 10.2 Å². The maximum absolute atomic E-state index is 14.1. The highest BCUT2D eigenvalue weighted by molar-refractivity contribution is 7.80. The average molecular weight is 478 g/mol. The summed E-state index contributed by atoms with van der Waals surface area (Å²) in [5.74, 6) is -10.2. The van der Waals surface area contributed by atoms with Crippen molar-refractivity contribution in [1.29, 1.82) is 0 Å². The third-order valence-electron chi connectivity index (χ3n) is 4.44. The second-order valence-corrected chi connectivity index (χ2v) is 7.15. The molecule has 0 bridgehead atoms. The van der Waals surface area contributed by atoms with Crippen LogP contribution in [0.1, 0.15) is 10.4 Å². The molecule has 2 aromatic rings. The van der Waals surface area contributed by atoms with Gasteiger partial charge in [-0.05, 0) is 30.4 Å². The highest BCUT2D eigenvalue weighted by atomic mass is 35.5. The van der Waals surface area contributed by atoms with Crippen molar-refractivity contribution in [3.8, 4) is 5.75 Å². The maximum atomic E-state index is 14.1. The first kappa shape index (κ1) is 23.0. The van der Waals surface area contributed by atoms with Gasteiger partial charge in [-0.3, -0.25) is 10.1 Å². The number of amides is 1. The Bertz CT molecular complexity index is 1010. The zero-order chi connectivity index (χ0) is 22.7. The van der Waals surface area contributed by atoms with E-state index in [-0.39, 0.29) is 5.11 Å². The molecule has 12 heteroatoms. The van der Waals surface area contributed by atoms with E-state index in [1.165, 1.54) is 0 Å². The lowest BCUT2D eigenvalue weighted by Gasteiger charge is -2.29. The molecule has 1 saturated heterocycles. The summed E-state index contributed by atoms with van der Waals surface area (Å²) < 4.78 is 65.4. The number of nitrogens with one attached hydrogen (secondary N) is 2. The molecule has 0 aromatic heterocycles.